The van der Waals surface area contributed by atoms with Gasteiger partial charge in [0, 0.05) is 5.56 Å². The van der Waals surface area contributed by atoms with E-state index in [2.05, 4.69) is 26.2 Å². The minimum Gasteiger partial charge on any atom is -0.477 e. The first-order valence-corrected chi connectivity index (χ1v) is 6.73. The third-order valence-corrected chi connectivity index (χ3v) is 2.63. The molecule has 1 aromatic heterocycles. The van der Waals surface area contributed by atoms with Crippen molar-refractivity contribution in [1.82, 2.24) is 4.98 Å². The summed E-state index contributed by atoms with van der Waals surface area (Å²) in [7, 11) is 0. The lowest BCUT2D eigenvalue weighted by Crippen LogP contribution is -2.31. The van der Waals surface area contributed by atoms with Crippen LogP contribution >= 0.6 is 15.9 Å². The molecule has 1 N–H and O–H groups in total. The van der Waals surface area contributed by atoms with E-state index in [1.54, 1.807) is 20.0 Å². The first-order chi connectivity index (χ1) is 8.34. The van der Waals surface area contributed by atoms with Crippen LogP contribution in [0.3, 0.4) is 0 Å². The van der Waals surface area contributed by atoms with Crippen LogP contribution in [0.15, 0.2) is 12.3 Å². The van der Waals surface area contributed by atoms with E-state index in [4.69, 9.17) is 4.74 Å². The summed E-state index contributed by atoms with van der Waals surface area (Å²) >= 11 is 3.31. The van der Waals surface area contributed by atoms with Gasteiger partial charge in [0.2, 0.25) is 11.8 Å². The third-order valence-electron chi connectivity index (χ3n) is 2.27. The van der Waals surface area contributed by atoms with Crippen LogP contribution in [-0.4, -0.2) is 21.8 Å². The molecule has 0 spiro atoms. The maximum atomic E-state index is 11.8. The molecule has 0 atom stereocenters. The third kappa shape index (κ3) is 4.29. The van der Waals surface area contributed by atoms with Gasteiger partial charge in [0.25, 0.3) is 0 Å². The number of ether oxygens (including phenoxy) is 1. The van der Waals surface area contributed by atoms with Crippen LogP contribution in [0.25, 0.3) is 0 Å². The van der Waals surface area contributed by atoms with Crippen molar-refractivity contribution in [3.05, 3.63) is 17.8 Å². The second-order valence-electron chi connectivity index (χ2n) is 4.62. The molecule has 0 radical (unpaired) electrons. The van der Waals surface area contributed by atoms with Gasteiger partial charge < -0.3 is 10.1 Å². The lowest BCUT2D eigenvalue weighted by molar-refractivity contribution is -0.117. The minimum absolute atomic E-state index is 0.106. The summed E-state index contributed by atoms with van der Waals surface area (Å²) in [5.74, 6) is 0.513. The zero-order valence-electron chi connectivity index (χ0n) is 11.2. The van der Waals surface area contributed by atoms with Gasteiger partial charge in [-0.15, -0.1) is 0 Å². The number of alkyl halides is 1. The lowest BCUT2D eigenvalue weighted by atomic mass is 10.2. The molecule has 0 unspecified atom stereocenters. The van der Waals surface area contributed by atoms with Gasteiger partial charge in [0.15, 0.2) is 0 Å². The van der Waals surface area contributed by atoms with E-state index in [9.17, 15) is 4.79 Å². The molecule has 0 aliphatic rings. The lowest BCUT2D eigenvalue weighted by Gasteiger charge is -2.16. The van der Waals surface area contributed by atoms with Crippen LogP contribution in [0.5, 0.6) is 5.88 Å². The van der Waals surface area contributed by atoms with Gasteiger partial charge >= 0.3 is 0 Å². The summed E-state index contributed by atoms with van der Waals surface area (Å²) in [6, 6.07) is 1.86. The Kier molecular flexibility index (Phi) is 5.14. The van der Waals surface area contributed by atoms with E-state index in [-0.39, 0.29) is 5.91 Å². The highest BCUT2D eigenvalue weighted by Gasteiger charge is 2.23. The van der Waals surface area contributed by atoms with Gasteiger partial charge in [0.05, 0.1) is 22.8 Å². The average Bonchev–Trinajstić information content (AvgIpc) is 2.26. The molecule has 0 bridgehead atoms. The van der Waals surface area contributed by atoms with E-state index in [0.29, 0.717) is 18.2 Å². The van der Waals surface area contributed by atoms with Gasteiger partial charge in [-0.2, -0.15) is 0 Å². The van der Waals surface area contributed by atoms with E-state index in [0.717, 1.165) is 12.0 Å². The highest BCUT2D eigenvalue weighted by atomic mass is 79.9. The van der Waals surface area contributed by atoms with Crippen molar-refractivity contribution in [3.63, 3.8) is 0 Å². The summed E-state index contributed by atoms with van der Waals surface area (Å²) in [5, 5.41) is 2.80. The first kappa shape index (κ1) is 15.0. The molecule has 1 heterocycles. The number of anilines is 1. The number of rotatable bonds is 5. The molecule has 0 saturated carbocycles. The Bertz CT molecular complexity index is 427. The number of nitrogens with one attached hydrogen (secondary N) is 1. The predicted molar refractivity (Wildman–Crippen MR) is 76.4 cm³/mol. The summed E-state index contributed by atoms with van der Waals surface area (Å²) in [6.45, 7) is 8.19. The zero-order chi connectivity index (χ0) is 13.8. The van der Waals surface area contributed by atoms with Crippen molar-refractivity contribution in [2.24, 2.45) is 0 Å². The fourth-order valence-electron chi connectivity index (χ4n) is 1.26. The number of carbonyl (C=O) groups excluding carboxylic acids is 1. The van der Waals surface area contributed by atoms with Crippen molar-refractivity contribution in [2.45, 2.75) is 38.4 Å². The predicted octanol–water partition coefficient (Wildman–Crippen LogP) is 3.29. The maximum Gasteiger partial charge on any atom is 0.240 e. The van der Waals surface area contributed by atoms with Crippen LogP contribution in [0.2, 0.25) is 0 Å². The number of aromatic nitrogens is 1. The Balaban J connectivity index is 2.75. The van der Waals surface area contributed by atoms with Crippen LogP contribution in [0, 0.1) is 6.92 Å². The largest absolute Gasteiger partial charge is 0.477 e. The Hall–Kier alpha value is -1.10. The fraction of sp³-hybridized carbons (Fsp3) is 0.538. The molecule has 1 amide bonds. The molecule has 0 fully saturated rings. The van der Waals surface area contributed by atoms with E-state index in [1.165, 1.54) is 0 Å². The smallest absolute Gasteiger partial charge is 0.240 e. The summed E-state index contributed by atoms with van der Waals surface area (Å²) in [6.07, 6.45) is 2.55. The van der Waals surface area contributed by atoms with Gasteiger partial charge in [-0.05, 0) is 33.3 Å². The molecule has 0 aliphatic heterocycles. The molecule has 0 saturated heterocycles. The second kappa shape index (κ2) is 6.18. The molecule has 1 aromatic rings. The van der Waals surface area contributed by atoms with Crippen LogP contribution in [0.1, 0.15) is 32.8 Å². The second-order valence-corrected chi connectivity index (χ2v) is 6.60. The molecule has 0 aliphatic carbocycles. The number of nitrogens with zero attached hydrogens (tertiary/aromatic N) is 1. The first-order valence-electron chi connectivity index (χ1n) is 5.94. The molecule has 100 valence electrons. The standard InChI is InChI=1S/C13H19BrN2O2/c1-5-6-18-11-9(2)7-10(8-15-11)16-12(17)13(3,4)14/h7-8H,5-6H2,1-4H3,(H,16,17). The molecular weight excluding hydrogens is 296 g/mol. The number of halogens is 1. The number of pyridine rings is 1. The SMILES string of the molecule is CCCOc1ncc(NC(=O)C(C)(C)Br)cc1C. The molecule has 5 heteroatoms. The van der Waals surface area contributed by atoms with Crippen molar-refractivity contribution in [1.29, 1.82) is 0 Å². The van der Waals surface area contributed by atoms with Gasteiger partial charge in [0.1, 0.15) is 0 Å². The normalized spacial score (nSPS) is 11.2. The number of amides is 1. The fourth-order valence-corrected chi connectivity index (χ4v) is 1.36. The topological polar surface area (TPSA) is 51.2 Å². The molecule has 0 aromatic carbocycles. The van der Waals surface area contributed by atoms with Gasteiger partial charge in [-0.3, -0.25) is 4.79 Å². The quantitative estimate of drug-likeness (QED) is 0.848. The molecule has 1 rings (SSSR count). The Morgan fingerprint density at radius 1 is 1.56 bits per heavy atom. The Morgan fingerprint density at radius 2 is 2.22 bits per heavy atom. The van der Waals surface area contributed by atoms with E-state index in [1.807, 2.05) is 19.9 Å². The van der Waals surface area contributed by atoms with Gasteiger partial charge in [-0.25, -0.2) is 4.98 Å². The Morgan fingerprint density at radius 3 is 2.72 bits per heavy atom. The van der Waals surface area contributed by atoms with E-state index < -0.39 is 4.32 Å². The number of hydrogen-bond donors (Lipinski definition) is 1. The molecule has 18 heavy (non-hydrogen) atoms. The van der Waals surface area contributed by atoms with Crippen molar-refractivity contribution in [3.8, 4) is 5.88 Å². The highest BCUT2D eigenvalue weighted by Crippen LogP contribution is 2.22. The summed E-state index contributed by atoms with van der Waals surface area (Å²) in [4.78, 5) is 16.0. The van der Waals surface area contributed by atoms with Gasteiger partial charge in [-0.1, -0.05) is 22.9 Å². The summed E-state index contributed by atoms with van der Waals surface area (Å²) < 4.78 is 4.88. The summed E-state index contributed by atoms with van der Waals surface area (Å²) in [5.41, 5.74) is 1.59. The maximum absolute atomic E-state index is 11.8. The van der Waals surface area contributed by atoms with Crippen LogP contribution in [-0.2, 0) is 4.79 Å². The Labute approximate surface area is 116 Å². The number of aryl methyl sites for hydroxylation is 1. The van der Waals surface area contributed by atoms with Crippen LogP contribution < -0.4 is 10.1 Å². The van der Waals surface area contributed by atoms with E-state index >= 15 is 0 Å². The number of hydrogen-bond acceptors (Lipinski definition) is 3. The molecule has 4 nitrogen and oxygen atoms in total. The monoisotopic (exact) mass is 314 g/mol. The van der Waals surface area contributed by atoms with Crippen LogP contribution in [0.4, 0.5) is 5.69 Å². The number of carbonyl (C=O) groups is 1. The minimum atomic E-state index is -0.599. The van der Waals surface area contributed by atoms with Crippen molar-refractivity contribution in [2.75, 3.05) is 11.9 Å². The van der Waals surface area contributed by atoms with Crippen molar-refractivity contribution < 1.29 is 9.53 Å². The van der Waals surface area contributed by atoms with Crippen molar-refractivity contribution >= 4 is 27.5 Å². The highest BCUT2D eigenvalue weighted by molar-refractivity contribution is 9.10. The molecular formula is C13H19BrN2O2. The zero-order valence-corrected chi connectivity index (χ0v) is 12.8. The average molecular weight is 315 g/mol.